The number of piperazine rings is 1. The van der Waals surface area contributed by atoms with Crippen molar-refractivity contribution < 1.29 is 9.32 Å². The number of aryl methyl sites for hydroxylation is 2. The summed E-state index contributed by atoms with van der Waals surface area (Å²) in [4.78, 5) is 25.6. The fraction of sp³-hybridized carbons (Fsp3) is 0.471. The van der Waals surface area contributed by atoms with E-state index < -0.39 is 0 Å². The summed E-state index contributed by atoms with van der Waals surface area (Å²) >= 11 is 0. The first-order valence-corrected chi connectivity index (χ1v) is 8.69. The maximum Gasteiger partial charge on any atom is 0.258 e. The maximum atomic E-state index is 13.1. The molecule has 0 atom stereocenters. The van der Waals surface area contributed by atoms with Crippen LogP contribution in [0.2, 0.25) is 0 Å². The number of fused-ring (bicyclic) bond motifs is 1. The molecule has 1 saturated heterocycles. The van der Waals surface area contributed by atoms with Crippen LogP contribution in [0, 0.1) is 13.8 Å². The van der Waals surface area contributed by atoms with E-state index in [2.05, 4.69) is 25.1 Å². The third-order valence-electron chi connectivity index (χ3n) is 4.75. The van der Waals surface area contributed by atoms with Crippen molar-refractivity contribution in [2.75, 3.05) is 32.7 Å². The Bertz CT molecular complexity index is 911. The van der Waals surface area contributed by atoms with E-state index in [0.717, 1.165) is 31.9 Å². The summed E-state index contributed by atoms with van der Waals surface area (Å²) in [5.41, 5.74) is 2.51. The zero-order valence-electron chi connectivity index (χ0n) is 14.9. The van der Waals surface area contributed by atoms with Gasteiger partial charge in [-0.2, -0.15) is 5.10 Å². The molecule has 0 aliphatic carbocycles. The Morgan fingerprint density at radius 3 is 2.73 bits per heavy atom. The van der Waals surface area contributed by atoms with E-state index in [4.69, 9.17) is 4.52 Å². The first-order chi connectivity index (χ1) is 12.6. The van der Waals surface area contributed by atoms with Crippen molar-refractivity contribution in [3.8, 4) is 0 Å². The van der Waals surface area contributed by atoms with Crippen molar-refractivity contribution in [2.24, 2.45) is 0 Å². The van der Waals surface area contributed by atoms with Crippen molar-refractivity contribution in [1.82, 2.24) is 34.7 Å². The van der Waals surface area contributed by atoms with E-state index in [1.165, 1.54) is 0 Å². The molecule has 0 N–H and O–H groups in total. The fourth-order valence-electron chi connectivity index (χ4n) is 3.32. The van der Waals surface area contributed by atoms with Gasteiger partial charge in [-0.15, -0.1) is 0 Å². The smallest absolute Gasteiger partial charge is 0.258 e. The van der Waals surface area contributed by atoms with Gasteiger partial charge in [0, 0.05) is 38.4 Å². The summed E-state index contributed by atoms with van der Waals surface area (Å²) in [5, 5.41) is 8.79. The van der Waals surface area contributed by atoms with Gasteiger partial charge in [0.1, 0.15) is 12.7 Å². The Hall–Kier alpha value is -2.81. The van der Waals surface area contributed by atoms with Crippen LogP contribution in [0.5, 0.6) is 0 Å². The highest BCUT2D eigenvalue weighted by atomic mass is 16.5. The van der Waals surface area contributed by atoms with Crippen molar-refractivity contribution in [3.63, 3.8) is 0 Å². The lowest BCUT2D eigenvalue weighted by atomic mass is 10.1. The second-order valence-corrected chi connectivity index (χ2v) is 6.55. The van der Waals surface area contributed by atoms with E-state index in [9.17, 15) is 4.79 Å². The molecule has 4 heterocycles. The maximum absolute atomic E-state index is 13.1. The predicted octanol–water partition coefficient (Wildman–Crippen LogP) is 0.889. The van der Waals surface area contributed by atoms with Crippen LogP contribution in [-0.2, 0) is 6.54 Å². The van der Waals surface area contributed by atoms with E-state index >= 15 is 0 Å². The molecule has 9 heteroatoms. The normalized spacial score (nSPS) is 15.7. The van der Waals surface area contributed by atoms with E-state index in [-0.39, 0.29) is 5.91 Å². The minimum Gasteiger partial charge on any atom is -0.336 e. The molecule has 1 amide bonds. The van der Waals surface area contributed by atoms with Crippen LogP contribution in [0.3, 0.4) is 0 Å². The van der Waals surface area contributed by atoms with Gasteiger partial charge in [-0.1, -0.05) is 5.16 Å². The lowest BCUT2D eigenvalue weighted by Gasteiger charge is -2.34. The van der Waals surface area contributed by atoms with Gasteiger partial charge in [0.05, 0.1) is 23.2 Å². The number of amides is 1. The lowest BCUT2D eigenvalue weighted by molar-refractivity contribution is 0.0633. The highest BCUT2D eigenvalue weighted by molar-refractivity contribution is 6.06. The predicted molar refractivity (Wildman–Crippen MR) is 93.6 cm³/mol. The molecule has 1 aliphatic rings. The third-order valence-corrected chi connectivity index (χ3v) is 4.75. The van der Waals surface area contributed by atoms with Gasteiger partial charge in [0.25, 0.3) is 11.6 Å². The first kappa shape index (κ1) is 16.6. The van der Waals surface area contributed by atoms with Crippen LogP contribution in [0.4, 0.5) is 0 Å². The first-order valence-electron chi connectivity index (χ1n) is 8.69. The molecular weight excluding hydrogens is 334 g/mol. The summed E-state index contributed by atoms with van der Waals surface area (Å²) in [5.74, 6) is 0.0164. The van der Waals surface area contributed by atoms with Gasteiger partial charge in [-0.3, -0.25) is 14.4 Å². The Morgan fingerprint density at radius 2 is 2.00 bits per heavy atom. The highest BCUT2D eigenvalue weighted by Crippen LogP contribution is 2.23. The summed E-state index contributed by atoms with van der Waals surface area (Å²) in [6, 6.07) is 1.83. The minimum atomic E-state index is 0.0164. The van der Waals surface area contributed by atoms with Crippen LogP contribution in [0.1, 0.15) is 21.7 Å². The molecule has 0 unspecified atom stereocenters. The van der Waals surface area contributed by atoms with Crippen LogP contribution < -0.4 is 0 Å². The molecule has 1 fully saturated rings. The Labute approximate surface area is 150 Å². The number of hydrogen-bond donors (Lipinski definition) is 0. The minimum absolute atomic E-state index is 0.0164. The average Bonchev–Trinajstić information content (AvgIpc) is 3.29. The van der Waals surface area contributed by atoms with Gasteiger partial charge in [0.2, 0.25) is 0 Å². The molecule has 26 heavy (non-hydrogen) atoms. The molecule has 3 aromatic heterocycles. The second kappa shape index (κ2) is 6.83. The molecule has 1 aliphatic heterocycles. The number of pyridine rings is 1. The molecule has 0 saturated carbocycles. The van der Waals surface area contributed by atoms with Gasteiger partial charge < -0.3 is 9.42 Å². The van der Waals surface area contributed by atoms with Crippen LogP contribution in [-0.4, -0.2) is 73.3 Å². The molecule has 136 valence electrons. The number of hydrogen-bond acceptors (Lipinski definition) is 7. The topological polar surface area (TPSA) is 93.2 Å². The Balaban J connectivity index is 1.43. The summed E-state index contributed by atoms with van der Waals surface area (Å²) < 4.78 is 7.06. The van der Waals surface area contributed by atoms with Crippen molar-refractivity contribution >= 4 is 17.0 Å². The van der Waals surface area contributed by atoms with Crippen LogP contribution >= 0.6 is 0 Å². The summed E-state index contributed by atoms with van der Waals surface area (Å²) in [6.07, 6.45) is 3.26. The van der Waals surface area contributed by atoms with Gasteiger partial charge in [-0.05, 0) is 19.9 Å². The molecule has 0 spiro atoms. The lowest BCUT2D eigenvalue weighted by Crippen LogP contribution is -2.49. The Morgan fingerprint density at radius 1 is 1.19 bits per heavy atom. The van der Waals surface area contributed by atoms with Crippen molar-refractivity contribution in [1.29, 1.82) is 0 Å². The van der Waals surface area contributed by atoms with Crippen LogP contribution in [0.15, 0.2) is 23.2 Å². The van der Waals surface area contributed by atoms with Gasteiger partial charge >= 0.3 is 0 Å². The molecule has 0 radical (unpaired) electrons. The van der Waals surface area contributed by atoms with Gasteiger partial charge in [0.15, 0.2) is 0 Å². The molecule has 0 aromatic carbocycles. The van der Waals surface area contributed by atoms with E-state index in [1.807, 2.05) is 29.5 Å². The number of aromatic nitrogens is 5. The molecule has 3 aromatic rings. The largest absolute Gasteiger partial charge is 0.336 e. The molecule has 4 rings (SSSR count). The number of rotatable bonds is 4. The van der Waals surface area contributed by atoms with E-state index in [0.29, 0.717) is 35.4 Å². The van der Waals surface area contributed by atoms with E-state index in [1.54, 1.807) is 12.7 Å². The molecular formula is C17H21N7O2. The van der Waals surface area contributed by atoms with Crippen molar-refractivity contribution in [2.45, 2.75) is 20.4 Å². The Kier molecular flexibility index (Phi) is 4.37. The second-order valence-electron chi connectivity index (χ2n) is 6.55. The third kappa shape index (κ3) is 3.17. The van der Waals surface area contributed by atoms with Gasteiger partial charge in [-0.25, -0.2) is 9.97 Å². The number of carbonyl (C=O) groups is 1. The number of carbonyl (C=O) groups excluding carboxylic acids is 1. The average molecular weight is 355 g/mol. The molecule has 9 nitrogen and oxygen atoms in total. The number of nitrogens with zero attached hydrogens (tertiary/aromatic N) is 7. The SMILES string of the molecule is Cc1cc(C(=O)N2CCN(CCn3cncn3)CC2)c2c(C)noc2n1. The molecule has 0 bridgehead atoms. The fourth-order valence-corrected chi connectivity index (χ4v) is 3.32. The zero-order chi connectivity index (χ0) is 18.1. The van der Waals surface area contributed by atoms with Crippen molar-refractivity contribution in [3.05, 3.63) is 35.7 Å². The monoisotopic (exact) mass is 355 g/mol. The van der Waals surface area contributed by atoms with Crippen LogP contribution in [0.25, 0.3) is 11.1 Å². The quantitative estimate of drug-likeness (QED) is 0.686. The standard InChI is InChI=1S/C17H21N7O2/c1-12-9-14(15-13(2)21-26-16(15)20-12)17(25)23-6-3-22(4-7-23)5-8-24-11-18-10-19-24/h9-11H,3-8H2,1-2H3. The zero-order valence-corrected chi connectivity index (χ0v) is 14.9. The summed E-state index contributed by atoms with van der Waals surface area (Å²) in [7, 11) is 0. The highest BCUT2D eigenvalue weighted by Gasteiger charge is 2.25. The summed E-state index contributed by atoms with van der Waals surface area (Å²) in [6.45, 7) is 8.48.